The highest BCUT2D eigenvalue weighted by Gasteiger charge is 2.28. The summed E-state index contributed by atoms with van der Waals surface area (Å²) in [5.41, 5.74) is 6.40. The number of rotatable bonds is 4. The van der Waals surface area contributed by atoms with Crippen LogP contribution >= 0.6 is 24.0 Å². The van der Waals surface area contributed by atoms with E-state index >= 15 is 0 Å². The number of amides is 1. The van der Waals surface area contributed by atoms with E-state index in [1.807, 2.05) is 0 Å². The quantitative estimate of drug-likeness (QED) is 0.885. The van der Waals surface area contributed by atoms with Gasteiger partial charge in [-0.3, -0.25) is 4.79 Å². The van der Waals surface area contributed by atoms with Crippen LogP contribution in [-0.2, 0) is 0 Å². The van der Waals surface area contributed by atoms with Gasteiger partial charge in [0.15, 0.2) is 0 Å². The third-order valence-electron chi connectivity index (χ3n) is 2.84. The maximum absolute atomic E-state index is 11.8. The molecule has 0 heterocycles. The zero-order chi connectivity index (χ0) is 11.5. The van der Waals surface area contributed by atoms with Gasteiger partial charge in [-0.05, 0) is 30.9 Å². The molecule has 3 N–H and O–H groups in total. The van der Waals surface area contributed by atoms with Crippen molar-refractivity contribution in [2.75, 3.05) is 6.54 Å². The molecule has 1 aliphatic rings. The average Bonchev–Trinajstić information content (AvgIpc) is 3.10. The molecule has 0 aliphatic heterocycles. The van der Waals surface area contributed by atoms with Crippen molar-refractivity contribution >= 4 is 29.9 Å². The number of hydrogen-bond acceptors (Lipinski definition) is 2. The van der Waals surface area contributed by atoms with Crippen LogP contribution in [0.15, 0.2) is 24.3 Å². The zero-order valence-electron chi connectivity index (χ0n) is 9.36. The molecule has 0 saturated heterocycles. The minimum Gasteiger partial charge on any atom is -0.350 e. The molecule has 5 heteroatoms. The van der Waals surface area contributed by atoms with Gasteiger partial charge in [-0.15, -0.1) is 12.4 Å². The third-order valence-corrected chi connectivity index (χ3v) is 3.17. The fraction of sp³-hybridized carbons (Fsp3) is 0.417. The van der Waals surface area contributed by atoms with Gasteiger partial charge >= 0.3 is 0 Å². The van der Waals surface area contributed by atoms with Crippen LogP contribution in [0.5, 0.6) is 0 Å². The lowest BCUT2D eigenvalue weighted by atomic mass is 10.2. The summed E-state index contributed by atoms with van der Waals surface area (Å²) in [6.45, 7) is 0.523. The van der Waals surface area contributed by atoms with Gasteiger partial charge in [-0.2, -0.15) is 0 Å². The van der Waals surface area contributed by atoms with Crippen LogP contribution < -0.4 is 11.1 Å². The van der Waals surface area contributed by atoms with Crippen LogP contribution in [0.4, 0.5) is 0 Å². The molecular formula is C12H16Cl2N2O. The largest absolute Gasteiger partial charge is 0.350 e. The second kappa shape index (κ2) is 6.24. The van der Waals surface area contributed by atoms with E-state index < -0.39 is 0 Å². The van der Waals surface area contributed by atoms with Crippen LogP contribution in [-0.4, -0.2) is 18.5 Å². The molecule has 1 fully saturated rings. The van der Waals surface area contributed by atoms with E-state index in [1.54, 1.807) is 24.3 Å². The Morgan fingerprint density at radius 1 is 1.47 bits per heavy atom. The number of nitrogens with one attached hydrogen (secondary N) is 1. The van der Waals surface area contributed by atoms with Crippen LogP contribution in [0, 0.1) is 5.92 Å². The lowest BCUT2D eigenvalue weighted by Gasteiger charge is -2.12. The van der Waals surface area contributed by atoms with Crippen LogP contribution in [0.1, 0.15) is 23.2 Å². The molecule has 1 unspecified atom stereocenters. The van der Waals surface area contributed by atoms with Gasteiger partial charge in [0, 0.05) is 12.6 Å². The van der Waals surface area contributed by atoms with Crippen molar-refractivity contribution in [2.45, 2.75) is 18.9 Å². The summed E-state index contributed by atoms with van der Waals surface area (Å²) in [7, 11) is 0. The molecule has 1 aliphatic carbocycles. The van der Waals surface area contributed by atoms with Gasteiger partial charge in [-0.25, -0.2) is 0 Å². The standard InChI is InChI=1S/C12H15ClN2O.ClH/c13-10-4-2-1-3-9(10)12(16)15-7-11(14)8-5-6-8;/h1-4,8,11H,5-7,14H2,(H,15,16);1H. The van der Waals surface area contributed by atoms with Crippen LogP contribution in [0.3, 0.4) is 0 Å². The Hall–Kier alpha value is -0.770. The summed E-state index contributed by atoms with van der Waals surface area (Å²) in [6, 6.07) is 7.08. The fourth-order valence-corrected chi connectivity index (χ4v) is 1.86. The highest BCUT2D eigenvalue weighted by atomic mass is 35.5. The molecule has 1 aromatic rings. The predicted molar refractivity (Wildman–Crippen MR) is 71.7 cm³/mol. The van der Waals surface area contributed by atoms with Gasteiger partial charge in [0.2, 0.25) is 0 Å². The SMILES string of the molecule is Cl.NC(CNC(=O)c1ccccc1Cl)C1CC1. The molecular weight excluding hydrogens is 259 g/mol. The number of hydrogen-bond donors (Lipinski definition) is 2. The highest BCUT2D eigenvalue weighted by molar-refractivity contribution is 6.33. The molecule has 0 aromatic heterocycles. The van der Waals surface area contributed by atoms with Crippen molar-refractivity contribution in [1.82, 2.24) is 5.32 Å². The Morgan fingerprint density at radius 3 is 2.71 bits per heavy atom. The summed E-state index contributed by atoms with van der Waals surface area (Å²) in [5.74, 6) is 0.438. The topological polar surface area (TPSA) is 55.1 Å². The molecule has 3 nitrogen and oxygen atoms in total. The number of benzene rings is 1. The van der Waals surface area contributed by atoms with E-state index in [0.29, 0.717) is 23.0 Å². The van der Waals surface area contributed by atoms with Crippen molar-refractivity contribution < 1.29 is 4.79 Å². The first kappa shape index (κ1) is 14.3. The van der Waals surface area contributed by atoms with Crippen molar-refractivity contribution in [3.8, 4) is 0 Å². The van der Waals surface area contributed by atoms with E-state index in [2.05, 4.69) is 5.32 Å². The van der Waals surface area contributed by atoms with Gasteiger partial charge in [0.1, 0.15) is 0 Å². The molecule has 94 valence electrons. The predicted octanol–water partition coefficient (Wildman–Crippen LogP) is 2.23. The first-order chi connectivity index (χ1) is 7.68. The third kappa shape index (κ3) is 3.87. The van der Waals surface area contributed by atoms with Crippen molar-refractivity contribution in [1.29, 1.82) is 0 Å². The Morgan fingerprint density at radius 2 is 2.12 bits per heavy atom. The number of carbonyl (C=O) groups is 1. The monoisotopic (exact) mass is 274 g/mol. The summed E-state index contributed by atoms with van der Waals surface area (Å²) in [5, 5.41) is 3.28. The van der Waals surface area contributed by atoms with Gasteiger partial charge in [-0.1, -0.05) is 23.7 Å². The molecule has 1 aromatic carbocycles. The van der Waals surface area contributed by atoms with Crippen molar-refractivity contribution in [3.05, 3.63) is 34.9 Å². The molecule has 2 rings (SSSR count). The molecule has 1 saturated carbocycles. The minimum absolute atomic E-state index is 0. The van der Waals surface area contributed by atoms with E-state index in [1.165, 1.54) is 12.8 Å². The van der Waals surface area contributed by atoms with Gasteiger partial charge in [0.05, 0.1) is 10.6 Å². The molecule has 1 atom stereocenters. The Balaban J connectivity index is 0.00000144. The van der Waals surface area contributed by atoms with Crippen molar-refractivity contribution in [2.24, 2.45) is 11.7 Å². The summed E-state index contributed by atoms with van der Waals surface area (Å²) in [4.78, 5) is 11.8. The molecule has 17 heavy (non-hydrogen) atoms. The van der Waals surface area contributed by atoms with Gasteiger partial charge < -0.3 is 11.1 Å². The summed E-state index contributed by atoms with van der Waals surface area (Å²) in [6.07, 6.45) is 2.37. The first-order valence-electron chi connectivity index (χ1n) is 5.47. The van der Waals surface area contributed by atoms with Gasteiger partial charge in [0.25, 0.3) is 5.91 Å². The second-order valence-electron chi connectivity index (χ2n) is 4.19. The van der Waals surface area contributed by atoms with Crippen LogP contribution in [0.2, 0.25) is 5.02 Å². The minimum atomic E-state index is -0.151. The van der Waals surface area contributed by atoms with Crippen LogP contribution in [0.25, 0.3) is 0 Å². The summed E-state index contributed by atoms with van der Waals surface area (Å²) < 4.78 is 0. The summed E-state index contributed by atoms with van der Waals surface area (Å²) >= 11 is 5.92. The van der Waals surface area contributed by atoms with E-state index in [-0.39, 0.29) is 24.4 Å². The Kier molecular flexibility index (Phi) is 5.25. The Bertz CT molecular complexity index is 394. The fourth-order valence-electron chi connectivity index (χ4n) is 1.64. The normalized spacial score (nSPS) is 15.9. The first-order valence-corrected chi connectivity index (χ1v) is 5.84. The lowest BCUT2D eigenvalue weighted by Crippen LogP contribution is -2.38. The highest BCUT2D eigenvalue weighted by Crippen LogP contribution is 2.31. The molecule has 1 amide bonds. The smallest absolute Gasteiger partial charge is 0.252 e. The lowest BCUT2D eigenvalue weighted by molar-refractivity contribution is 0.0950. The second-order valence-corrected chi connectivity index (χ2v) is 4.60. The number of halogens is 2. The molecule has 0 radical (unpaired) electrons. The number of carbonyl (C=O) groups excluding carboxylic acids is 1. The average molecular weight is 275 g/mol. The van der Waals surface area contributed by atoms with E-state index in [9.17, 15) is 4.79 Å². The molecule has 0 spiro atoms. The maximum atomic E-state index is 11.8. The molecule has 0 bridgehead atoms. The number of nitrogens with two attached hydrogens (primary N) is 1. The van der Waals surface area contributed by atoms with E-state index in [0.717, 1.165) is 0 Å². The van der Waals surface area contributed by atoms with E-state index in [4.69, 9.17) is 17.3 Å². The maximum Gasteiger partial charge on any atom is 0.252 e. The zero-order valence-corrected chi connectivity index (χ0v) is 10.9. The van der Waals surface area contributed by atoms with Crippen molar-refractivity contribution in [3.63, 3.8) is 0 Å². The Labute approximate surface area is 112 Å².